The van der Waals surface area contributed by atoms with Gasteiger partial charge in [0, 0.05) is 13.1 Å². The topological polar surface area (TPSA) is 58.6 Å². The second-order valence-electron chi connectivity index (χ2n) is 3.99. The number of para-hydroxylation sites is 1. The van der Waals surface area contributed by atoms with E-state index in [1.54, 1.807) is 23.1 Å². The summed E-state index contributed by atoms with van der Waals surface area (Å²) in [5.41, 5.74) is 0.954. The summed E-state index contributed by atoms with van der Waals surface area (Å²) in [5.74, 6) is 0.220. The van der Waals surface area contributed by atoms with E-state index >= 15 is 0 Å². The van der Waals surface area contributed by atoms with Crippen molar-refractivity contribution in [2.45, 2.75) is 13.8 Å². The minimum Gasteiger partial charge on any atom is -0.482 e. The van der Waals surface area contributed by atoms with Gasteiger partial charge in [-0.2, -0.15) is 0 Å². The van der Waals surface area contributed by atoms with Crippen LogP contribution in [0.5, 0.6) is 5.75 Å². The second-order valence-corrected chi connectivity index (χ2v) is 3.99. The SMILES string of the molecule is CCN(CC)C(=O)c1cccc2c1NC(=O)CO2. The van der Waals surface area contributed by atoms with Crippen LogP contribution in [0.15, 0.2) is 18.2 Å². The Morgan fingerprint density at radius 3 is 2.78 bits per heavy atom. The predicted molar refractivity (Wildman–Crippen MR) is 67.8 cm³/mol. The molecule has 0 bridgehead atoms. The molecule has 1 aliphatic rings. The Hall–Kier alpha value is -2.04. The molecule has 0 spiro atoms. The molecule has 1 aromatic rings. The van der Waals surface area contributed by atoms with E-state index in [0.717, 1.165) is 0 Å². The number of hydrogen-bond donors (Lipinski definition) is 1. The average molecular weight is 248 g/mol. The molecule has 5 nitrogen and oxygen atoms in total. The number of rotatable bonds is 3. The summed E-state index contributed by atoms with van der Waals surface area (Å²) >= 11 is 0. The largest absolute Gasteiger partial charge is 0.482 e. The molecule has 96 valence electrons. The standard InChI is InChI=1S/C13H16N2O3/c1-3-15(4-2)13(17)9-6-5-7-10-12(9)14-11(16)8-18-10/h5-7H,3-4,8H2,1-2H3,(H,14,16). The molecule has 1 aromatic carbocycles. The highest BCUT2D eigenvalue weighted by Crippen LogP contribution is 2.31. The fraction of sp³-hybridized carbons (Fsp3) is 0.385. The molecule has 0 unspecified atom stereocenters. The first-order valence-corrected chi connectivity index (χ1v) is 6.02. The number of carbonyl (C=O) groups excluding carboxylic acids is 2. The number of nitrogens with zero attached hydrogens (tertiary/aromatic N) is 1. The number of anilines is 1. The third-order valence-electron chi connectivity index (χ3n) is 2.93. The van der Waals surface area contributed by atoms with E-state index in [-0.39, 0.29) is 18.4 Å². The molecule has 0 atom stereocenters. The Bertz CT molecular complexity index is 481. The van der Waals surface area contributed by atoms with Crippen molar-refractivity contribution in [2.75, 3.05) is 25.0 Å². The highest BCUT2D eigenvalue weighted by Gasteiger charge is 2.24. The zero-order chi connectivity index (χ0) is 13.1. The number of amides is 2. The smallest absolute Gasteiger partial charge is 0.262 e. The molecular weight excluding hydrogens is 232 g/mol. The van der Waals surface area contributed by atoms with E-state index in [0.29, 0.717) is 30.1 Å². The minimum atomic E-state index is -0.234. The lowest BCUT2D eigenvalue weighted by molar-refractivity contribution is -0.118. The van der Waals surface area contributed by atoms with Gasteiger partial charge in [0.2, 0.25) is 0 Å². The molecule has 0 radical (unpaired) electrons. The molecule has 1 heterocycles. The number of ether oxygens (including phenoxy) is 1. The van der Waals surface area contributed by atoms with Gasteiger partial charge >= 0.3 is 0 Å². The Morgan fingerprint density at radius 1 is 1.39 bits per heavy atom. The molecule has 1 N–H and O–H groups in total. The van der Waals surface area contributed by atoms with Gasteiger partial charge in [0.1, 0.15) is 5.75 Å². The van der Waals surface area contributed by atoms with Crippen LogP contribution in [-0.4, -0.2) is 36.4 Å². The van der Waals surface area contributed by atoms with Gasteiger partial charge in [-0.3, -0.25) is 9.59 Å². The maximum Gasteiger partial charge on any atom is 0.262 e. The van der Waals surface area contributed by atoms with E-state index in [1.807, 2.05) is 13.8 Å². The molecule has 0 aromatic heterocycles. The van der Waals surface area contributed by atoms with Crippen LogP contribution in [0.3, 0.4) is 0 Å². The number of benzene rings is 1. The van der Waals surface area contributed by atoms with Crippen LogP contribution >= 0.6 is 0 Å². The molecule has 18 heavy (non-hydrogen) atoms. The molecule has 2 amide bonds. The van der Waals surface area contributed by atoms with Gasteiger partial charge in [-0.05, 0) is 26.0 Å². The van der Waals surface area contributed by atoms with Crippen molar-refractivity contribution >= 4 is 17.5 Å². The van der Waals surface area contributed by atoms with Crippen LogP contribution in [0.1, 0.15) is 24.2 Å². The van der Waals surface area contributed by atoms with Gasteiger partial charge in [0.25, 0.3) is 11.8 Å². The minimum absolute atomic E-state index is 0.00405. The second kappa shape index (κ2) is 5.08. The van der Waals surface area contributed by atoms with E-state index < -0.39 is 0 Å². The van der Waals surface area contributed by atoms with E-state index in [2.05, 4.69) is 5.32 Å². The lowest BCUT2D eigenvalue weighted by Crippen LogP contribution is -2.33. The van der Waals surface area contributed by atoms with Crippen LogP contribution in [0.25, 0.3) is 0 Å². The number of hydrogen-bond acceptors (Lipinski definition) is 3. The number of carbonyl (C=O) groups is 2. The van der Waals surface area contributed by atoms with Crippen molar-refractivity contribution < 1.29 is 14.3 Å². The number of fused-ring (bicyclic) bond motifs is 1. The zero-order valence-corrected chi connectivity index (χ0v) is 10.5. The fourth-order valence-electron chi connectivity index (χ4n) is 1.96. The number of nitrogens with one attached hydrogen (secondary N) is 1. The molecule has 1 aliphatic heterocycles. The summed E-state index contributed by atoms with van der Waals surface area (Å²) in [6.07, 6.45) is 0. The Morgan fingerprint density at radius 2 is 2.11 bits per heavy atom. The van der Waals surface area contributed by atoms with Crippen molar-refractivity contribution in [3.05, 3.63) is 23.8 Å². The van der Waals surface area contributed by atoms with Crippen molar-refractivity contribution in [2.24, 2.45) is 0 Å². The highest BCUT2D eigenvalue weighted by molar-refractivity contribution is 6.06. The Balaban J connectivity index is 2.39. The molecule has 0 fully saturated rings. The van der Waals surface area contributed by atoms with Gasteiger partial charge < -0.3 is 15.0 Å². The maximum absolute atomic E-state index is 12.3. The quantitative estimate of drug-likeness (QED) is 0.881. The van der Waals surface area contributed by atoms with E-state index in [9.17, 15) is 9.59 Å². The molecule has 0 aliphatic carbocycles. The molecule has 0 saturated heterocycles. The zero-order valence-electron chi connectivity index (χ0n) is 10.5. The molecular formula is C13H16N2O3. The molecule has 0 saturated carbocycles. The normalized spacial score (nSPS) is 13.3. The molecule has 2 rings (SSSR count). The van der Waals surface area contributed by atoms with Gasteiger partial charge in [0.05, 0.1) is 11.3 Å². The molecule has 5 heteroatoms. The third kappa shape index (κ3) is 2.16. The van der Waals surface area contributed by atoms with Crippen molar-refractivity contribution in [1.82, 2.24) is 4.90 Å². The van der Waals surface area contributed by atoms with Crippen LogP contribution in [0, 0.1) is 0 Å². The van der Waals surface area contributed by atoms with E-state index in [4.69, 9.17) is 4.74 Å². The predicted octanol–water partition coefficient (Wildman–Crippen LogP) is 1.50. The monoisotopic (exact) mass is 248 g/mol. The maximum atomic E-state index is 12.3. The van der Waals surface area contributed by atoms with E-state index in [1.165, 1.54) is 0 Å². The first-order valence-electron chi connectivity index (χ1n) is 6.02. The van der Waals surface area contributed by atoms with Crippen LogP contribution in [-0.2, 0) is 4.79 Å². The van der Waals surface area contributed by atoms with Crippen LogP contribution in [0.2, 0.25) is 0 Å². The average Bonchev–Trinajstić information content (AvgIpc) is 2.39. The fourth-order valence-corrected chi connectivity index (χ4v) is 1.96. The summed E-state index contributed by atoms with van der Waals surface area (Å²) in [5, 5.41) is 2.70. The van der Waals surface area contributed by atoms with Gasteiger partial charge in [-0.25, -0.2) is 0 Å². The Kier molecular flexibility index (Phi) is 3.50. The summed E-state index contributed by atoms with van der Waals surface area (Å²) in [4.78, 5) is 25.4. The summed E-state index contributed by atoms with van der Waals surface area (Å²) < 4.78 is 5.29. The Labute approximate surface area is 106 Å². The van der Waals surface area contributed by atoms with Crippen LogP contribution in [0.4, 0.5) is 5.69 Å². The van der Waals surface area contributed by atoms with Gasteiger partial charge in [-0.15, -0.1) is 0 Å². The van der Waals surface area contributed by atoms with Crippen molar-refractivity contribution in [3.8, 4) is 5.75 Å². The lowest BCUT2D eigenvalue weighted by Gasteiger charge is -2.24. The third-order valence-corrected chi connectivity index (χ3v) is 2.93. The summed E-state index contributed by atoms with van der Waals surface area (Å²) in [7, 11) is 0. The van der Waals surface area contributed by atoms with Crippen molar-refractivity contribution in [1.29, 1.82) is 0 Å². The summed E-state index contributed by atoms with van der Waals surface area (Å²) in [6.45, 7) is 5.11. The first kappa shape index (κ1) is 12.4. The van der Waals surface area contributed by atoms with Crippen LogP contribution < -0.4 is 10.1 Å². The van der Waals surface area contributed by atoms with Crippen molar-refractivity contribution in [3.63, 3.8) is 0 Å². The first-order chi connectivity index (χ1) is 8.67. The lowest BCUT2D eigenvalue weighted by atomic mass is 10.1. The summed E-state index contributed by atoms with van der Waals surface area (Å²) in [6, 6.07) is 5.20. The highest BCUT2D eigenvalue weighted by atomic mass is 16.5. The van der Waals surface area contributed by atoms with Gasteiger partial charge in [-0.1, -0.05) is 6.07 Å². The van der Waals surface area contributed by atoms with Gasteiger partial charge in [0.15, 0.2) is 6.61 Å².